The molecule has 0 radical (unpaired) electrons. The minimum atomic E-state index is -0.638. The van der Waals surface area contributed by atoms with E-state index in [2.05, 4.69) is 10.6 Å². The van der Waals surface area contributed by atoms with Crippen LogP contribution in [0, 0.1) is 0 Å². The Hall–Kier alpha value is -2.02. The van der Waals surface area contributed by atoms with Crippen molar-refractivity contribution in [1.82, 2.24) is 5.32 Å². The zero-order valence-corrected chi connectivity index (χ0v) is 11.0. The molecule has 1 aliphatic rings. The van der Waals surface area contributed by atoms with Crippen LogP contribution < -0.4 is 10.6 Å². The van der Waals surface area contributed by atoms with Gasteiger partial charge in [-0.2, -0.15) is 0 Å². The summed E-state index contributed by atoms with van der Waals surface area (Å²) in [5, 5.41) is 4.07. The van der Waals surface area contributed by atoms with Gasteiger partial charge in [0.15, 0.2) is 5.37 Å². The Morgan fingerprint density at radius 2 is 2.05 bits per heavy atom. The molecule has 0 bridgehead atoms. The van der Waals surface area contributed by atoms with E-state index in [0.29, 0.717) is 17.9 Å². The van der Waals surface area contributed by atoms with Gasteiger partial charge in [0.1, 0.15) is 0 Å². The number of ether oxygens (including phenoxy) is 1. The number of amides is 2. The minimum Gasteiger partial charge on any atom is -0.462 e. The summed E-state index contributed by atoms with van der Waals surface area (Å²) < 4.78 is 4.86. The second-order valence-corrected chi connectivity index (χ2v) is 4.79. The van der Waals surface area contributed by atoms with Crippen molar-refractivity contribution in [1.29, 1.82) is 0 Å². The molecule has 1 saturated heterocycles. The molecule has 2 amide bonds. The number of carbonyl (C=O) groups is 3. The van der Waals surface area contributed by atoms with Crippen molar-refractivity contribution in [3.8, 4) is 0 Å². The van der Waals surface area contributed by atoms with Crippen molar-refractivity contribution in [3.63, 3.8) is 0 Å². The fraction of sp³-hybridized carbons (Fsp3) is 0.250. The topological polar surface area (TPSA) is 84.5 Å². The van der Waals surface area contributed by atoms with Gasteiger partial charge in [0.05, 0.1) is 12.2 Å². The van der Waals surface area contributed by atoms with Crippen LogP contribution in [-0.4, -0.2) is 29.1 Å². The highest BCUT2D eigenvalue weighted by Crippen LogP contribution is 2.21. The van der Waals surface area contributed by atoms with Crippen LogP contribution in [0.4, 0.5) is 10.5 Å². The summed E-state index contributed by atoms with van der Waals surface area (Å²) in [6.07, 6.45) is 0. The van der Waals surface area contributed by atoms with Crippen LogP contribution in [0.2, 0.25) is 0 Å². The zero-order chi connectivity index (χ0) is 13.8. The SMILES string of the molecule is CCOC(=O)c1ccc(N[C@H]2SC(=O)NC2=O)cc1. The number of thioether (sulfide) groups is 1. The molecular formula is C12H12N2O4S. The maximum Gasteiger partial charge on any atom is 0.338 e. The number of anilines is 1. The third kappa shape index (κ3) is 3.25. The molecule has 100 valence electrons. The first-order chi connectivity index (χ1) is 9.10. The predicted molar refractivity (Wildman–Crippen MR) is 70.9 cm³/mol. The Balaban J connectivity index is 2.01. The molecule has 0 unspecified atom stereocenters. The summed E-state index contributed by atoms with van der Waals surface area (Å²) in [7, 11) is 0. The number of benzene rings is 1. The summed E-state index contributed by atoms with van der Waals surface area (Å²) in [4.78, 5) is 33.8. The zero-order valence-electron chi connectivity index (χ0n) is 10.1. The lowest BCUT2D eigenvalue weighted by Gasteiger charge is -2.10. The van der Waals surface area contributed by atoms with Crippen LogP contribution >= 0.6 is 11.8 Å². The van der Waals surface area contributed by atoms with E-state index in [9.17, 15) is 14.4 Å². The summed E-state index contributed by atoms with van der Waals surface area (Å²) in [5.74, 6) is -0.762. The highest BCUT2D eigenvalue weighted by molar-refractivity contribution is 8.15. The van der Waals surface area contributed by atoms with E-state index in [1.807, 2.05) is 0 Å². The molecule has 7 heteroatoms. The molecule has 1 atom stereocenters. The van der Waals surface area contributed by atoms with Crippen LogP contribution in [-0.2, 0) is 9.53 Å². The number of nitrogens with one attached hydrogen (secondary N) is 2. The van der Waals surface area contributed by atoms with Gasteiger partial charge >= 0.3 is 5.97 Å². The summed E-state index contributed by atoms with van der Waals surface area (Å²) in [6, 6.07) is 6.51. The summed E-state index contributed by atoms with van der Waals surface area (Å²) in [5.41, 5.74) is 1.09. The molecular weight excluding hydrogens is 268 g/mol. The van der Waals surface area contributed by atoms with Gasteiger partial charge in [-0.1, -0.05) is 0 Å². The number of imide groups is 1. The summed E-state index contributed by atoms with van der Waals surface area (Å²) >= 11 is 0.885. The van der Waals surface area contributed by atoms with E-state index in [0.717, 1.165) is 11.8 Å². The van der Waals surface area contributed by atoms with Crippen LogP contribution in [0.3, 0.4) is 0 Å². The van der Waals surface area contributed by atoms with Crippen LogP contribution in [0.15, 0.2) is 24.3 Å². The molecule has 1 aromatic carbocycles. The Morgan fingerprint density at radius 3 is 2.58 bits per heavy atom. The monoisotopic (exact) mass is 280 g/mol. The number of rotatable bonds is 4. The highest BCUT2D eigenvalue weighted by Gasteiger charge is 2.31. The lowest BCUT2D eigenvalue weighted by molar-refractivity contribution is -0.118. The molecule has 0 spiro atoms. The van der Waals surface area contributed by atoms with E-state index in [-0.39, 0.29) is 11.1 Å². The van der Waals surface area contributed by atoms with Crippen LogP contribution in [0.5, 0.6) is 0 Å². The maximum absolute atomic E-state index is 11.4. The van der Waals surface area contributed by atoms with Crippen LogP contribution in [0.25, 0.3) is 0 Å². The van der Waals surface area contributed by atoms with Crippen molar-refractivity contribution in [2.45, 2.75) is 12.3 Å². The molecule has 19 heavy (non-hydrogen) atoms. The molecule has 6 nitrogen and oxygen atoms in total. The van der Waals surface area contributed by atoms with Gasteiger partial charge in [0.25, 0.3) is 11.1 Å². The number of carbonyl (C=O) groups excluding carboxylic acids is 3. The molecule has 1 aromatic rings. The molecule has 0 saturated carbocycles. The fourth-order valence-corrected chi connectivity index (χ4v) is 2.25. The van der Waals surface area contributed by atoms with Gasteiger partial charge in [-0.15, -0.1) is 0 Å². The van der Waals surface area contributed by atoms with Crippen molar-refractivity contribution < 1.29 is 19.1 Å². The molecule has 2 N–H and O–H groups in total. The average Bonchev–Trinajstić information content (AvgIpc) is 2.69. The van der Waals surface area contributed by atoms with Crippen molar-refractivity contribution in [2.24, 2.45) is 0 Å². The first-order valence-electron chi connectivity index (χ1n) is 5.65. The maximum atomic E-state index is 11.4. The molecule has 1 heterocycles. The third-order valence-corrected chi connectivity index (χ3v) is 3.27. The summed E-state index contributed by atoms with van der Waals surface area (Å²) in [6.45, 7) is 2.06. The molecule has 1 fully saturated rings. The molecule has 0 aliphatic carbocycles. The third-order valence-electron chi connectivity index (χ3n) is 2.38. The normalized spacial score (nSPS) is 18.1. The lowest BCUT2D eigenvalue weighted by atomic mass is 10.2. The average molecular weight is 280 g/mol. The van der Waals surface area contributed by atoms with Crippen molar-refractivity contribution >= 4 is 34.6 Å². The standard InChI is InChI=1S/C12H12N2O4S/c1-2-18-11(16)7-3-5-8(6-4-7)13-10-9(15)14-12(17)19-10/h3-6,10,13H,2H2,1H3,(H,14,15,17)/t10-/m0/s1. The smallest absolute Gasteiger partial charge is 0.338 e. The fourth-order valence-electron chi connectivity index (χ4n) is 1.52. The second kappa shape index (κ2) is 5.75. The van der Waals surface area contributed by atoms with Crippen molar-refractivity contribution in [3.05, 3.63) is 29.8 Å². The first kappa shape index (κ1) is 13.4. The van der Waals surface area contributed by atoms with Gasteiger partial charge < -0.3 is 10.1 Å². The van der Waals surface area contributed by atoms with Gasteiger partial charge in [0, 0.05) is 5.69 Å². The Morgan fingerprint density at radius 1 is 1.37 bits per heavy atom. The van der Waals surface area contributed by atoms with E-state index in [4.69, 9.17) is 4.74 Å². The predicted octanol–water partition coefficient (Wildman–Crippen LogP) is 1.58. The van der Waals surface area contributed by atoms with Gasteiger partial charge in [-0.05, 0) is 43.0 Å². The van der Waals surface area contributed by atoms with E-state index in [1.54, 1.807) is 31.2 Å². The quantitative estimate of drug-likeness (QED) is 0.815. The lowest BCUT2D eigenvalue weighted by Crippen LogP contribution is -2.29. The Labute approximate surface area is 113 Å². The molecule has 2 rings (SSSR count). The Kier molecular flexibility index (Phi) is 4.06. The first-order valence-corrected chi connectivity index (χ1v) is 6.53. The molecule has 1 aliphatic heterocycles. The number of hydrogen-bond donors (Lipinski definition) is 2. The van der Waals surface area contributed by atoms with E-state index < -0.39 is 11.3 Å². The minimum absolute atomic E-state index is 0.319. The van der Waals surface area contributed by atoms with Gasteiger partial charge in [-0.3, -0.25) is 14.9 Å². The number of hydrogen-bond acceptors (Lipinski definition) is 6. The van der Waals surface area contributed by atoms with Crippen LogP contribution in [0.1, 0.15) is 17.3 Å². The Bertz CT molecular complexity index is 515. The molecule has 0 aromatic heterocycles. The largest absolute Gasteiger partial charge is 0.462 e. The van der Waals surface area contributed by atoms with E-state index >= 15 is 0 Å². The van der Waals surface area contributed by atoms with Gasteiger partial charge in [0.2, 0.25) is 0 Å². The van der Waals surface area contributed by atoms with Gasteiger partial charge in [-0.25, -0.2) is 4.79 Å². The van der Waals surface area contributed by atoms with Crippen molar-refractivity contribution in [2.75, 3.05) is 11.9 Å². The van der Waals surface area contributed by atoms with E-state index in [1.165, 1.54) is 0 Å². The second-order valence-electron chi connectivity index (χ2n) is 3.72. The number of esters is 1. The highest BCUT2D eigenvalue weighted by atomic mass is 32.2.